The van der Waals surface area contributed by atoms with Crippen molar-refractivity contribution in [3.05, 3.63) is 76.6 Å². The highest BCUT2D eigenvalue weighted by molar-refractivity contribution is 7.11. The van der Waals surface area contributed by atoms with Crippen molar-refractivity contribution in [2.24, 2.45) is 0 Å². The van der Waals surface area contributed by atoms with E-state index in [1.54, 1.807) is 37.4 Å². The molecule has 0 saturated heterocycles. The number of carbonyl (C=O) groups excluding carboxylic acids is 2. The van der Waals surface area contributed by atoms with Crippen LogP contribution in [0, 0.1) is 0 Å². The Kier molecular flexibility index (Phi) is 6.04. The molecule has 6 nitrogen and oxygen atoms in total. The molecule has 1 aliphatic heterocycles. The molecule has 0 unspecified atom stereocenters. The van der Waals surface area contributed by atoms with Crippen molar-refractivity contribution < 1.29 is 19.1 Å². The number of nitrogens with one attached hydrogen (secondary N) is 1. The van der Waals surface area contributed by atoms with Gasteiger partial charge >= 0.3 is 0 Å². The van der Waals surface area contributed by atoms with Gasteiger partial charge in [-0.1, -0.05) is 37.3 Å². The van der Waals surface area contributed by atoms with Crippen molar-refractivity contribution in [2.75, 3.05) is 23.9 Å². The summed E-state index contributed by atoms with van der Waals surface area (Å²) >= 11 is 1.41. The molecule has 0 fully saturated rings. The molecule has 1 aromatic heterocycles. The summed E-state index contributed by atoms with van der Waals surface area (Å²) in [7, 11) is 1.56. The third-order valence-corrected chi connectivity index (χ3v) is 5.67. The summed E-state index contributed by atoms with van der Waals surface area (Å²) in [5, 5.41) is 5.03. The van der Waals surface area contributed by atoms with Gasteiger partial charge in [0.15, 0.2) is 0 Å². The van der Waals surface area contributed by atoms with Gasteiger partial charge in [0, 0.05) is 4.88 Å². The predicted octanol–water partition coefficient (Wildman–Crippen LogP) is 4.94. The Bertz CT molecular complexity index is 1140. The molecule has 2 heterocycles. The largest absolute Gasteiger partial charge is 0.495 e. The molecule has 1 aliphatic rings. The summed E-state index contributed by atoms with van der Waals surface area (Å²) in [5.74, 6) is 0.241. The van der Waals surface area contributed by atoms with E-state index < -0.39 is 11.8 Å². The molecule has 0 atom stereocenters. The van der Waals surface area contributed by atoms with Crippen molar-refractivity contribution in [1.82, 2.24) is 0 Å². The minimum Gasteiger partial charge on any atom is -0.495 e. The molecular weight excluding hydrogens is 412 g/mol. The molecule has 0 saturated carbocycles. The topological polar surface area (TPSA) is 67.9 Å². The van der Waals surface area contributed by atoms with Crippen LogP contribution in [0.4, 0.5) is 11.4 Å². The third kappa shape index (κ3) is 3.92. The van der Waals surface area contributed by atoms with Crippen LogP contribution in [0.1, 0.15) is 18.2 Å². The van der Waals surface area contributed by atoms with Gasteiger partial charge in [-0.05, 0) is 42.1 Å². The van der Waals surface area contributed by atoms with Crippen LogP contribution in [0.3, 0.4) is 0 Å². The average molecular weight is 435 g/mol. The number of anilines is 2. The number of carbonyl (C=O) groups is 2. The van der Waals surface area contributed by atoms with Gasteiger partial charge in [-0.3, -0.25) is 9.59 Å². The molecule has 3 aromatic rings. The molecule has 158 valence electrons. The van der Waals surface area contributed by atoms with E-state index in [1.165, 1.54) is 16.2 Å². The molecule has 0 aliphatic carbocycles. The normalized spacial score (nSPS) is 13.7. The zero-order valence-electron chi connectivity index (χ0n) is 17.3. The lowest BCUT2D eigenvalue weighted by Gasteiger charge is -2.19. The fraction of sp³-hybridized carbons (Fsp3) is 0.167. The Balaban J connectivity index is 1.79. The highest BCUT2D eigenvalue weighted by Crippen LogP contribution is 2.39. The fourth-order valence-corrected chi connectivity index (χ4v) is 4.14. The smallest absolute Gasteiger partial charge is 0.282 e. The maximum absolute atomic E-state index is 13.5. The quantitative estimate of drug-likeness (QED) is 0.509. The van der Waals surface area contributed by atoms with Crippen LogP contribution >= 0.6 is 11.3 Å². The number of ether oxygens (including phenoxy) is 2. The van der Waals surface area contributed by atoms with Crippen LogP contribution in [0.2, 0.25) is 0 Å². The molecule has 2 aromatic carbocycles. The predicted molar refractivity (Wildman–Crippen MR) is 123 cm³/mol. The number of hydrogen-bond acceptors (Lipinski definition) is 6. The van der Waals surface area contributed by atoms with E-state index in [0.29, 0.717) is 39.9 Å². The molecule has 2 amide bonds. The maximum atomic E-state index is 13.5. The Morgan fingerprint density at radius 3 is 2.39 bits per heavy atom. The number of rotatable bonds is 8. The molecular formula is C24H22N2O4S. The number of amides is 2. The first kappa shape index (κ1) is 20.7. The second-order valence-electron chi connectivity index (χ2n) is 6.81. The lowest BCUT2D eigenvalue weighted by Crippen LogP contribution is -2.32. The second-order valence-corrected chi connectivity index (χ2v) is 7.76. The minimum atomic E-state index is -0.438. The third-order valence-electron chi connectivity index (χ3n) is 4.79. The van der Waals surface area contributed by atoms with E-state index >= 15 is 0 Å². The fourth-order valence-electron chi connectivity index (χ4n) is 3.37. The van der Waals surface area contributed by atoms with Crippen molar-refractivity contribution in [3.8, 4) is 11.5 Å². The van der Waals surface area contributed by atoms with Gasteiger partial charge < -0.3 is 14.8 Å². The summed E-state index contributed by atoms with van der Waals surface area (Å²) in [5.41, 5.74) is 1.57. The van der Waals surface area contributed by atoms with Gasteiger partial charge in [0.25, 0.3) is 11.8 Å². The van der Waals surface area contributed by atoms with Gasteiger partial charge in [-0.25, -0.2) is 4.90 Å². The van der Waals surface area contributed by atoms with Gasteiger partial charge in [0.1, 0.15) is 17.2 Å². The average Bonchev–Trinajstić information content (AvgIpc) is 3.40. The minimum absolute atomic E-state index is 0.210. The zero-order valence-corrected chi connectivity index (χ0v) is 18.1. The summed E-state index contributed by atoms with van der Waals surface area (Å²) in [6.45, 7) is 2.49. The summed E-state index contributed by atoms with van der Waals surface area (Å²) in [6.07, 6.45) is 0.815. The first-order valence-corrected chi connectivity index (χ1v) is 10.8. The summed E-state index contributed by atoms with van der Waals surface area (Å²) in [4.78, 5) is 29.0. The molecule has 0 bridgehead atoms. The van der Waals surface area contributed by atoms with Gasteiger partial charge in [0.05, 0.1) is 30.7 Å². The van der Waals surface area contributed by atoms with Crippen LogP contribution in [0.25, 0.3) is 5.57 Å². The Morgan fingerprint density at radius 2 is 1.68 bits per heavy atom. The number of imide groups is 1. The summed E-state index contributed by atoms with van der Waals surface area (Å²) in [6, 6.07) is 18.0. The highest BCUT2D eigenvalue weighted by atomic mass is 32.1. The Labute approximate surface area is 184 Å². The zero-order chi connectivity index (χ0) is 21.8. The van der Waals surface area contributed by atoms with Crippen LogP contribution in [0.15, 0.2) is 71.7 Å². The second kappa shape index (κ2) is 9.06. The van der Waals surface area contributed by atoms with Crippen LogP contribution < -0.4 is 19.7 Å². The van der Waals surface area contributed by atoms with Crippen molar-refractivity contribution in [2.45, 2.75) is 13.3 Å². The van der Waals surface area contributed by atoms with E-state index in [2.05, 4.69) is 5.32 Å². The van der Waals surface area contributed by atoms with Crippen molar-refractivity contribution in [3.63, 3.8) is 0 Å². The first-order valence-electron chi connectivity index (χ1n) is 9.94. The number of benzene rings is 2. The van der Waals surface area contributed by atoms with Gasteiger partial charge in [0.2, 0.25) is 0 Å². The molecule has 1 N–H and O–H groups in total. The Morgan fingerprint density at radius 1 is 0.935 bits per heavy atom. The van der Waals surface area contributed by atoms with Crippen LogP contribution in [-0.2, 0) is 9.59 Å². The van der Waals surface area contributed by atoms with E-state index in [1.807, 2.05) is 42.6 Å². The SMILES string of the molecule is CCCOc1ccccc1N1C(=O)C(Nc2ccccc2OC)=C(c2cccs2)C1=O. The first-order chi connectivity index (χ1) is 15.2. The van der Waals surface area contributed by atoms with Gasteiger partial charge in [-0.15, -0.1) is 11.3 Å². The van der Waals surface area contributed by atoms with Crippen molar-refractivity contribution >= 4 is 40.1 Å². The summed E-state index contributed by atoms with van der Waals surface area (Å²) < 4.78 is 11.2. The highest BCUT2D eigenvalue weighted by Gasteiger charge is 2.42. The number of para-hydroxylation sites is 4. The maximum Gasteiger partial charge on any atom is 0.282 e. The van der Waals surface area contributed by atoms with Gasteiger partial charge in [-0.2, -0.15) is 0 Å². The van der Waals surface area contributed by atoms with E-state index in [-0.39, 0.29) is 5.70 Å². The molecule has 0 radical (unpaired) electrons. The molecule has 4 rings (SSSR count). The lowest BCUT2D eigenvalue weighted by molar-refractivity contribution is -0.120. The van der Waals surface area contributed by atoms with E-state index in [4.69, 9.17) is 9.47 Å². The number of thiophene rings is 1. The lowest BCUT2D eigenvalue weighted by atomic mass is 10.1. The van der Waals surface area contributed by atoms with Crippen LogP contribution in [-0.4, -0.2) is 25.5 Å². The standard InChI is InChI=1S/C24H22N2O4S/c1-3-14-30-19-12-7-5-10-17(19)26-23(27)21(20-13-8-15-31-20)22(24(26)28)25-16-9-4-6-11-18(16)29-2/h4-13,15,25H,3,14H2,1-2H3. The Hall–Kier alpha value is -3.58. The number of hydrogen-bond donors (Lipinski definition) is 1. The van der Waals surface area contributed by atoms with E-state index in [9.17, 15) is 9.59 Å². The molecule has 0 spiro atoms. The van der Waals surface area contributed by atoms with Crippen molar-refractivity contribution in [1.29, 1.82) is 0 Å². The monoisotopic (exact) mass is 434 g/mol. The van der Waals surface area contributed by atoms with E-state index in [0.717, 1.165) is 6.42 Å². The number of nitrogens with zero attached hydrogens (tertiary/aromatic N) is 1. The van der Waals surface area contributed by atoms with Crippen LogP contribution in [0.5, 0.6) is 11.5 Å². The molecule has 31 heavy (non-hydrogen) atoms. The molecule has 7 heteroatoms. The number of methoxy groups -OCH3 is 1.